The van der Waals surface area contributed by atoms with Gasteiger partial charge in [-0.2, -0.15) is 0 Å². The normalized spacial score (nSPS) is 12.4. The molecule has 0 saturated carbocycles. The lowest BCUT2D eigenvalue weighted by Crippen LogP contribution is -2.20. The van der Waals surface area contributed by atoms with E-state index in [1.165, 1.54) is 154 Å². The first-order valence-electron chi connectivity index (χ1n) is 16.0. The monoisotopic (exact) mass is 483 g/mol. The van der Waals surface area contributed by atoms with E-state index in [-0.39, 0.29) is 0 Å². The fourth-order valence-corrected chi connectivity index (χ4v) is 4.74. The Hall–Kier alpha value is -0.0800. The molecule has 206 valence electrons. The van der Waals surface area contributed by atoms with Gasteiger partial charge in [0.15, 0.2) is 0 Å². The average molecular weight is 483 g/mol. The molecule has 1 unspecified atom stereocenters. The van der Waals surface area contributed by atoms with E-state index in [0.717, 1.165) is 26.2 Å². The summed E-state index contributed by atoms with van der Waals surface area (Å²) in [6.45, 7) is 9.42. The molecule has 0 bridgehead atoms. The maximum absolute atomic E-state index is 6.07. The van der Waals surface area contributed by atoms with Gasteiger partial charge in [0, 0.05) is 13.2 Å². The van der Waals surface area contributed by atoms with Crippen LogP contribution in [0.5, 0.6) is 0 Å². The number of ether oxygens (including phenoxy) is 2. The highest BCUT2D eigenvalue weighted by atomic mass is 16.5. The Morgan fingerprint density at radius 2 is 0.706 bits per heavy atom. The topological polar surface area (TPSA) is 18.5 Å². The summed E-state index contributed by atoms with van der Waals surface area (Å²) in [5.41, 5.74) is 0. The van der Waals surface area contributed by atoms with Crippen LogP contribution >= 0.6 is 0 Å². The molecule has 34 heavy (non-hydrogen) atoms. The van der Waals surface area contributed by atoms with Crippen LogP contribution in [0.25, 0.3) is 0 Å². The molecule has 0 heterocycles. The molecule has 0 N–H and O–H groups in total. The highest BCUT2D eigenvalue weighted by Gasteiger charge is 2.06. The minimum atomic E-state index is 0.296. The van der Waals surface area contributed by atoms with E-state index in [4.69, 9.17) is 9.47 Å². The van der Waals surface area contributed by atoms with Gasteiger partial charge in [-0.25, -0.2) is 0 Å². The Morgan fingerprint density at radius 3 is 1.06 bits per heavy atom. The van der Waals surface area contributed by atoms with Crippen molar-refractivity contribution in [3.8, 4) is 0 Å². The van der Waals surface area contributed by atoms with Crippen molar-refractivity contribution in [2.75, 3.05) is 19.8 Å². The Kier molecular flexibility index (Phi) is 30.9. The van der Waals surface area contributed by atoms with Gasteiger partial charge in [-0.05, 0) is 19.3 Å². The first-order valence-corrected chi connectivity index (χ1v) is 16.0. The predicted molar refractivity (Wildman–Crippen MR) is 153 cm³/mol. The molecule has 0 saturated heterocycles. The van der Waals surface area contributed by atoms with E-state index < -0.39 is 0 Å². The van der Waals surface area contributed by atoms with Crippen molar-refractivity contribution >= 4 is 0 Å². The fraction of sp³-hybridized carbons (Fsp3) is 1.00. The van der Waals surface area contributed by atoms with E-state index in [9.17, 15) is 0 Å². The molecule has 0 aliphatic rings. The Morgan fingerprint density at radius 1 is 0.382 bits per heavy atom. The molecule has 0 aliphatic heterocycles. The van der Waals surface area contributed by atoms with E-state index in [0.29, 0.717) is 6.10 Å². The van der Waals surface area contributed by atoms with Crippen molar-refractivity contribution < 1.29 is 9.47 Å². The number of rotatable bonds is 30. The van der Waals surface area contributed by atoms with Gasteiger partial charge >= 0.3 is 0 Å². The first-order chi connectivity index (χ1) is 16.8. The molecule has 2 nitrogen and oxygen atoms in total. The number of hydrogen-bond donors (Lipinski definition) is 0. The highest BCUT2D eigenvalue weighted by molar-refractivity contribution is 4.55. The summed E-state index contributed by atoms with van der Waals surface area (Å²) in [5, 5.41) is 0. The van der Waals surface area contributed by atoms with Gasteiger partial charge in [-0.15, -0.1) is 0 Å². The third-order valence-electron chi connectivity index (χ3n) is 7.25. The van der Waals surface area contributed by atoms with Crippen LogP contribution in [-0.4, -0.2) is 25.9 Å². The van der Waals surface area contributed by atoms with Crippen molar-refractivity contribution in [3.05, 3.63) is 0 Å². The maximum atomic E-state index is 6.07. The SMILES string of the molecule is CCCCCCCCCCCCCCOCC(CC)OCCCCCCCCCCCCCC. The van der Waals surface area contributed by atoms with Gasteiger partial charge in [0.05, 0.1) is 12.7 Å². The summed E-state index contributed by atoms with van der Waals surface area (Å²) < 4.78 is 12.0. The Bertz CT molecular complexity index is 344. The minimum Gasteiger partial charge on any atom is -0.379 e. The predicted octanol–water partition coefficient (Wildman–Crippen LogP) is 11.2. The Balaban J connectivity index is 3.26. The molecule has 0 rings (SSSR count). The largest absolute Gasteiger partial charge is 0.379 e. The second-order valence-corrected chi connectivity index (χ2v) is 10.8. The molecule has 0 aromatic heterocycles. The van der Waals surface area contributed by atoms with E-state index in [1.54, 1.807) is 0 Å². The van der Waals surface area contributed by atoms with Crippen molar-refractivity contribution in [1.29, 1.82) is 0 Å². The zero-order valence-corrected chi connectivity index (χ0v) is 24.2. The third-order valence-corrected chi connectivity index (χ3v) is 7.25. The fourth-order valence-electron chi connectivity index (χ4n) is 4.74. The highest BCUT2D eigenvalue weighted by Crippen LogP contribution is 2.13. The zero-order valence-electron chi connectivity index (χ0n) is 24.2. The van der Waals surface area contributed by atoms with Gasteiger partial charge in [-0.3, -0.25) is 0 Å². The molecule has 0 aliphatic carbocycles. The van der Waals surface area contributed by atoms with Gasteiger partial charge in [-0.1, -0.05) is 162 Å². The van der Waals surface area contributed by atoms with Crippen LogP contribution in [0.15, 0.2) is 0 Å². The molecule has 0 amide bonds. The summed E-state index contributed by atoms with van der Waals surface area (Å²) in [4.78, 5) is 0. The average Bonchev–Trinajstić information content (AvgIpc) is 2.85. The van der Waals surface area contributed by atoms with Crippen LogP contribution in [0.4, 0.5) is 0 Å². The molecule has 0 aromatic carbocycles. The minimum absolute atomic E-state index is 0.296. The van der Waals surface area contributed by atoms with Crippen LogP contribution in [0.2, 0.25) is 0 Å². The molecule has 0 radical (unpaired) electrons. The quantitative estimate of drug-likeness (QED) is 0.0947. The molecular weight excluding hydrogens is 416 g/mol. The lowest BCUT2D eigenvalue weighted by atomic mass is 10.1. The number of unbranched alkanes of at least 4 members (excludes halogenated alkanes) is 22. The molecule has 0 fully saturated rings. The summed E-state index contributed by atoms with van der Waals surface area (Å²) in [6, 6.07) is 0. The summed E-state index contributed by atoms with van der Waals surface area (Å²) in [7, 11) is 0. The Labute approximate surface area is 216 Å². The first kappa shape index (κ1) is 33.9. The second kappa shape index (κ2) is 31.0. The standard InChI is InChI=1S/C32H66O2/c1-4-7-9-11-13-15-17-19-21-23-25-27-29-33-31-32(6-3)34-30-28-26-24-22-20-18-16-14-12-10-8-5-2/h32H,4-31H2,1-3H3. The van der Waals surface area contributed by atoms with Crippen molar-refractivity contribution in [2.24, 2.45) is 0 Å². The van der Waals surface area contributed by atoms with Gasteiger partial charge < -0.3 is 9.47 Å². The molecule has 2 heteroatoms. The van der Waals surface area contributed by atoms with E-state index in [1.807, 2.05) is 0 Å². The van der Waals surface area contributed by atoms with E-state index in [2.05, 4.69) is 20.8 Å². The van der Waals surface area contributed by atoms with Gasteiger partial charge in [0.25, 0.3) is 0 Å². The summed E-state index contributed by atoms with van der Waals surface area (Å²) >= 11 is 0. The summed E-state index contributed by atoms with van der Waals surface area (Å²) in [5.74, 6) is 0. The summed E-state index contributed by atoms with van der Waals surface area (Å²) in [6.07, 6.45) is 34.9. The smallest absolute Gasteiger partial charge is 0.0805 e. The van der Waals surface area contributed by atoms with Gasteiger partial charge in [0.1, 0.15) is 0 Å². The van der Waals surface area contributed by atoms with Crippen molar-refractivity contribution in [3.63, 3.8) is 0 Å². The number of hydrogen-bond acceptors (Lipinski definition) is 2. The van der Waals surface area contributed by atoms with Crippen molar-refractivity contribution in [1.82, 2.24) is 0 Å². The second-order valence-electron chi connectivity index (χ2n) is 10.8. The van der Waals surface area contributed by atoms with Gasteiger partial charge in [0.2, 0.25) is 0 Å². The van der Waals surface area contributed by atoms with Crippen LogP contribution in [0.3, 0.4) is 0 Å². The van der Waals surface area contributed by atoms with Crippen LogP contribution in [0, 0.1) is 0 Å². The molecule has 0 spiro atoms. The zero-order chi connectivity index (χ0) is 24.8. The maximum Gasteiger partial charge on any atom is 0.0805 e. The van der Waals surface area contributed by atoms with E-state index >= 15 is 0 Å². The lowest BCUT2D eigenvalue weighted by molar-refractivity contribution is -0.0200. The molecule has 1 atom stereocenters. The molecular formula is C32H66O2. The third kappa shape index (κ3) is 28.2. The van der Waals surface area contributed by atoms with Crippen LogP contribution in [0.1, 0.15) is 181 Å². The van der Waals surface area contributed by atoms with Crippen molar-refractivity contribution in [2.45, 2.75) is 187 Å². The lowest BCUT2D eigenvalue weighted by Gasteiger charge is -2.16. The molecule has 0 aromatic rings. The van der Waals surface area contributed by atoms with Crippen LogP contribution in [-0.2, 0) is 9.47 Å². The van der Waals surface area contributed by atoms with Crippen LogP contribution < -0.4 is 0 Å².